The van der Waals surface area contributed by atoms with Crippen LogP contribution in [-0.2, 0) is 6.61 Å². The van der Waals surface area contributed by atoms with Crippen LogP contribution in [0.3, 0.4) is 0 Å². The molecule has 28 heavy (non-hydrogen) atoms. The van der Waals surface area contributed by atoms with E-state index in [0.29, 0.717) is 21.6 Å². The summed E-state index contributed by atoms with van der Waals surface area (Å²) < 4.78 is 7.90. The number of thiazole rings is 1. The average molecular weight is 459 g/mol. The second-order valence-corrected chi connectivity index (χ2v) is 7.51. The molecule has 8 nitrogen and oxygen atoms in total. The van der Waals surface area contributed by atoms with E-state index in [4.69, 9.17) is 4.74 Å². The van der Waals surface area contributed by atoms with Crippen molar-refractivity contribution in [2.24, 2.45) is 0 Å². The van der Waals surface area contributed by atoms with Gasteiger partial charge >= 0.3 is 6.01 Å². The van der Waals surface area contributed by atoms with Crippen LogP contribution in [0.5, 0.6) is 6.01 Å². The lowest BCUT2D eigenvalue weighted by Gasteiger charge is -2.12. The Morgan fingerprint density at radius 2 is 2.00 bits per heavy atom. The summed E-state index contributed by atoms with van der Waals surface area (Å²) in [5.74, 6) is 0. The number of nitrogens with zero attached hydrogens (tertiary/aromatic N) is 4. The highest BCUT2D eigenvalue weighted by atomic mass is 79.9. The van der Waals surface area contributed by atoms with Crippen molar-refractivity contribution in [1.82, 2.24) is 14.5 Å². The lowest BCUT2D eigenvalue weighted by atomic mass is 10.2. The number of nitro benzene ring substituents is 1. The minimum atomic E-state index is -0.465. The molecule has 0 aliphatic carbocycles. The summed E-state index contributed by atoms with van der Waals surface area (Å²) in [5, 5.41) is 13.4. The van der Waals surface area contributed by atoms with Crippen molar-refractivity contribution in [3.8, 4) is 11.1 Å². The third-order valence-electron chi connectivity index (χ3n) is 3.93. The molecule has 0 spiro atoms. The van der Waals surface area contributed by atoms with Crippen LogP contribution < -0.4 is 10.3 Å². The van der Waals surface area contributed by atoms with Gasteiger partial charge in [-0.2, -0.15) is 4.98 Å². The summed E-state index contributed by atoms with van der Waals surface area (Å²) in [6.07, 6.45) is 1.59. The molecule has 2 heterocycles. The molecule has 2 aromatic carbocycles. The molecule has 0 N–H and O–H groups in total. The number of hydrogen-bond donors (Lipinski definition) is 0. The average Bonchev–Trinajstić information content (AvgIpc) is 3.21. The first kappa shape index (κ1) is 18.3. The summed E-state index contributed by atoms with van der Waals surface area (Å²) in [4.78, 5) is 32.0. The van der Waals surface area contributed by atoms with Crippen LogP contribution in [0.4, 0.5) is 5.69 Å². The lowest BCUT2D eigenvalue weighted by molar-refractivity contribution is -0.384. The number of rotatable bonds is 5. The third-order valence-corrected chi connectivity index (χ3v) is 5.17. The fraction of sp³-hybridized carbons (Fsp3) is 0.0556. The molecule has 0 bridgehead atoms. The van der Waals surface area contributed by atoms with E-state index in [2.05, 4.69) is 25.9 Å². The van der Waals surface area contributed by atoms with Crippen LogP contribution in [0.2, 0.25) is 0 Å². The molecular weight excluding hydrogens is 448 g/mol. The summed E-state index contributed by atoms with van der Waals surface area (Å²) in [6, 6.07) is 11.3. The summed E-state index contributed by atoms with van der Waals surface area (Å²) >= 11 is 4.66. The summed E-state index contributed by atoms with van der Waals surface area (Å²) in [7, 11) is 0. The molecule has 0 saturated carbocycles. The number of fused-ring (bicyclic) bond motifs is 1. The van der Waals surface area contributed by atoms with Gasteiger partial charge in [0.1, 0.15) is 6.61 Å². The Bertz CT molecular complexity index is 1220. The maximum atomic E-state index is 13.0. The predicted octanol–water partition coefficient (Wildman–Crippen LogP) is 4.09. The number of hydrogen-bond acceptors (Lipinski definition) is 7. The number of halogens is 1. The van der Waals surface area contributed by atoms with Crippen LogP contribution in [-0.4, -0.2) is 19.5 Å². The number of ether oxygens (including phenoxy) is 1. The van der Waals surface area contributed by atoms with Gasteiger partial charge in [-0.3, -0.25) is 14.9 Å². The van der Waals surface area contributed by atoms with Crippen molar-refractivity contribution in [1.29, 1.82) is 0 Å². The Labute approximate surface area is 170 Å². The molecule has 0 aliphatic rings. The molecule has 4 rings (SSSR count). The van der Waals surface area contributed by atoms with E-state index < -0.39 is 4.92 Å². The summed E-state index contributed by atoms with van der Waals surface area (Å²) in [5.41, 5.74) is 0.916. The van der Waals surface area contributed by atoms with Gasteiger partial charge in [0.05, 0.1) is 15.8 Å². The minimum Gasteiger partial charge on any atom is -0.459 e. The van der Waals surface area contributed by atoms with Gasteiger partial charge < -0.3 is 4.74 Å². The van der Waals surface area contributed by atoms with Gasteiger partial charge in [-0.15, -0.1) is 11.3 Å². The zero-order valence-electron chi connectivity index (χ0n) is 14.1. The SMILES string of the molecule is O=c1c2cc(Br)ccc2nc(OCc2ccc([N+](=O)[O-])cc2)n1-c1nccs1. The predicted molar refractivity (Wildman–Crippen MR) is 108 cm³/mol. The summed E-state index contributed by atoms with van der Waals surface area (Å²) in [6.45, 7) is 0.0951. The highest BCUT2D eigenvalue weighted by molar-refractivity contribution is 9.10. The highest BCUT2D eigenvalue weighted by Gasteiger charge is 2.16. The normalized spacial score (nSPS) is 10.9. The second kappa shape index (κ2) is 7.49. The van der Waals surface area contributed by atoms with E-state index in [0.717, 1.165) is 4.47 Å². The number of aromatic nitrogens is 3. The third kappa shape index (κ3) is 3.51. The zero-order chi connectivity index (χ0) is 19.7. The van der Waals surface area contributed by atoms with Gasteiger partial charge in [0.15, 0.2) is 0 Å². The fourth-order valence-corrected chi connectivity index (χ4v) is 3.58. The minimum absolute atomic E-state index is 0.00199. The topological polar surface area (TPSA) is 100 Å². The number of nitro groups is 1. The molecule has 0 fully saturated rings. The monoisotopic (exact) mass is 458 g/mol. The number of benzene rings is 2. The van der Waals surface area contributed by atoms with E-state index in [1.807, 2.05) is 0 Å². The molecule has 0 amide bonds. The van der Waals surface area contributed by atoms with Crippen molar-refractivity contribution in [2.75, 3.05) is 0 Å². The lowest BCUT2D eigenvalue weighted by Crippen LogP contribution is -2.22. The van der Waals surface area contributed by atoms with Crippen molar-refractivity contribution in [3.63, 3.8) is 0 Å². The first-order chi connectivity index (χ1) is 13.5. The quantitative estimate of drug-likeness (QED) is 0.329. The van der Waals surface area contributed by atoms with Crippen LogP contribution in [0, 0.1) is 10.1 Å². The molecule has 2 aromatic heterocycles. The van der Waals surface area contributed by atoms with Crippen molar-refractivity contribution < 1.29 is 9.66 Å². The number of non-ortho nitro benzene ring substituents is 1. The standard InChI is InChI=1S/C18H11BrN4O4S/c19-12-3-6-15-14(9-12)16(24)22(18-20-7-8-28-18)17(21-15)27-10-11-1-4-13(5-2-11)23(25)26/h1-9H,10H2. The Hall–Kier alpha value is -3.11. The molecule has 140 valence electrons. The molecule has 0 aliphatic heterocycles. The van der Waals surface area contributed by atoms with Crippen molar-refractivity contribution >= 4 is 43.9 Å². The Morgan fingerprint density at radius 1 is 1.21 bits per heavy atom. The Morgan fingerprint density at radius 3 is 2.68 bits per heavy atom. The second-order valence-electron chi connectivity index (χ2n) is 5.72. The molecule has 0 saturated heterocycles. The first-order valence-corrected chi connectivity index (χ1v) is 9.68. The van der Waals surface area contributed by atoms with Gasteiger partial charge in [0.25, 0.3) is 11.2 Å². The zero-order valence-corrected chi connectivity index (χ0v) is 16.5. The molecular formula is C18H11BrN4O4S. The van der Waals surface area contributed by atoms with Crippen LogP contribution in [0.15, 0.2) is 63.3 Å². The molecule has 0 radical (unpaired) electrons. The first-order valence-electron chi connectivity index (χ1n) is 8.01. The van der Waals surface area contributed by atoms with Gasteiger partial charge in [0, 0.05) is 28.2 Å². The van der Waals surface area contributed by atoms with Gasteiger partial charge in [-0.1, -0.05) is 15.9 Å². The maximum Gasteiger partial charge on any atom is 0.306 e. The smallest absolute Gasteiger partial charge is 0.306 e. The van der Waals surface area contributed by atoms with E-state index in [1.165, 1.54) is 28.0 Å². The molecule has 0 unspecified atom stereocenters. The van der Waals surface area contributed by atoms with Gasteiger partial charge in [0.2, 0.25) is 5.13 Å². The molecule has 0 atom stereocenters. The van der Waals surface area contributed by atoms with Crippen LogP contribution in [0.25, 0.3) is 16.0 Å². The van der Waals surface area contributed by atoms with E-state index in [1.54, 1.807) is 41.9 Å². The van der Waals surface area contributed by atoms with Crippen molar-refractivity contribution in [2.45, 2.75) is 6.61 Å². The van der Waals surface area contributed by atoms with E-state index >= 15 is 0 Å². The maximum absolute atomic E-state index is 13.0. The van der Waals surface area contributed by atoms with Gasteiger partial charge in [-0.25, -0.2) is 9.55 Å². The van der Waals surface area contributed by atoms with Crippen LogP contribution in [0.1, 0.15) is 5.56 Å². The van der Waals surface area contributed by atoms with Crippen LogP contribution >= 0.6 is 27.3 Å². The van der Waals surface area contributed by atoms with E-state index in [9.17, 15) is 14.9 Å². The van der Waals surface area contributed by atoms with Gasteiger partial charge in [-0.05, 0) is 35.9 Å². The highest BCUT2D eigenvalue weighted by Crippen LogP contribution is 2.22. The van der Waals surface area contributed by atoms with Crippen molar-refractivity contribution in [3.05, 3.63) is 84.5 Å². The Balaban J connectivity index is 1.75. The van der Waals surface area contributed by atoms with E-state index in [-0.39, 0.29) is 23.9 Å². The Kier molecular flexibility index (Phi) is 4.88. The largest absolute Gasteiger partial charge is 0.459 e. The fourth-order valence-electron chi connectivity index (χ4n) is 2.59. The molecule has 4 aromatic rings. The molecule has 10 heteroatoms.